The maximum atomic E-state index is 8.16. The lowest BCUT2D eigenvalue weighted by molar-refractivity contribution is 1.22. The maximum absolute atomic E-state index is 8.16. The summed E-state index contributed by atoms with van der Waals surface area (Å²) in [5.41, 5.74) is 10.3. The van der Waals surface area contributed by atoms with Gasteiger partial charge in [0.1, 0.15) is 11.9 Å². The van der Waals surface area contributed by atoms with Crippen LogP contribution < -0.4 is 11.5 Å². The van der Waals surface area contributed by atoms with Crippen LogP contribution in [0.2, 0.25) is 0 Å². The van der Waals surface area contributed by atoms with Crippen LogP contribution in [0.1, 0.15) is 0 Å². The fourth-order valence-corrected chi connectivity index (χ4v) is 0.228. The fraction of sp³-hybridized carbons (Fsp3) is 0. The van der Waals surface area contributed by atoms with Crippen LogP contribution in [0, 0.1) is 11.3 Å². The van der Waals surface area contributed by atoms with E-state index in [0.29, 0.717) is 0 Å². The average Bonchev–Trinajstić information content (AvgIpc) is 1.69. The second-order valence-corrected chi connectivity index (χ2v) is 1.18. The van der Waals surface area contributed by atoms with Crippen molar-refractivity contribution < 1.29 is 0 Å². The van der Waals surface area contributed by atoms with Gasteiger partial charge in [0.25, 0.3) is 0 Å². The average molecular weight is 109 g/mol. The number of nitrogens with zero attached hydrogens (tertiary/aromatic N) is 1. The fourth-order valence-electron chi connectivity index (χ4n) is 0.228. The van der Waals surface area contributed by atoms with E-state index in [-0.39, 0.29) is 11.4 Å². The van der Waals surface area contributed by atoms with Crippen LogP contribution in [0.4, 0.5) is 0 Å². The molecule has 3 heteroatoms. The zero-order chi connectivity index (χ0) is 6.57. The molecule has 0 bridgehead atoms. The molecule has 0 amide bonds. The third-order valence-electron chi connectivity index (χ3n) is 0.636. The molecule has 3 nitrogen and oxygen atoms in total. The molecule has 0 saturated heterocycles. The van der Waals surface area contributed by atoms with Crippen molar-refractivity contribution in [1.29, 1.82) is 5.26 Å². The Labute approximate surface area is 47.9 Å². The Balaban J connectivity index is 4.38. The largest absolute Gasteiger partial charge is 0.385 e. The van der Waals surface area contributed by atoms with Crippen LogP contribution in [0.3, 0.4) is 0 Å². The summed E-state index contributed by atoms with van der Waals surface area (Å²) in [7, 11) is 0. The lowest BCUT2D eigenvalue weighted by atomic mass is 10.3. The second kappa shape index (κ2) is 2.69. The third kappa shape index (κ3) is 1.35. The molecule has 0 aliphatic carbocycles. The van der Waals surface area contributed by atoms with Gasteiger partial charge in [-0.15, -0.1) is 0 Å². The molecule has 42 valence electrons. The Morgan fingerprint density at radius 2 is 2.12 bits per heavy atom. The molecule has 4 N–H and O–H groups in total. The molecule has 0 saturated carbocycles. The van der Waals surface area contributed by atoms with E-state index in [1.807, 2.05) is 0 Å². The first-order chi connectivity index (χ1) is 3.72. The van der Waals surface area contributed by atoms with Crippen LogP contribution in [0.5, 0.6) is 0 Å². The number of nitrogens with two attached hydrogens (primary N) is 2. The van der Waals surface area contributed by atoms with Crippen LogP contribution in [0.15, 0.2) is 24.0 Å². The van der Waals surface area contributed by atoms with Crippen molar-refractivity contribution in [2.45, 2.75) is 0 Å². The topological polar surface area (TPSA) is 75.8 Å². The quantitative estimate of drug-likeness (QED) is 0.362. The summed E-state index contributed by atoms with van der Waals surface area (Å²) in [4.78, 5) is 0. The first kappa shape index (κ1) is 6.57. The van der Waals surface area contributed by atoms with E-state index in [1.54, 1.807) is 6.07 Å². The van der Waals surface area contributed by atoms with Crippen molar-refractivity contribution in [2.24, 2.45) is 11.5 Å². The highest BCUT2D eigenvalue weighted by atomic mass is 14.8. The number of allylic oxidation sites excluding steroid dienone is 2. The van der Waals surface area contributed by atoms with Gasteiger partial charge < -0.3 is 11.5 Å². The molecule has 0 aliphatic rings. The van der Waals surface area contributed by atoms with Crippen LogP contribution in [-0.4, -0.2) is 0 Å². The highest BCUT2D eigenvalue weighted by molar-refractivity contribution is 5.33. The summed E-state index contributed by atoms with van der Waals surface area (Å²) >= 11 is 0. The van der Waals surface area contributed by atoms with E-state index >= 15 is 0 Å². The summed E-state index contributed by atoms with van der Waals surface area (Å²) in [5, 5.41) is 8.16. The van der Waals surface area contributed by atoms with E-state index in [1.165, 1.54) is 6.08 Å². The van der Waals surface area contributed by atoms with Gasteiger partial charge in [0.15, 0.2) is 0 Å². The maximum Gasteiger partial charge on any atom is 0.112 e. The van der Waals surface area contributed by atoms with Gasteiger partial charge in [0.2, 0.25) is 0 Å². The SMILES string of the molecule is C=CC(C#N)=C(N)N. The minimum Gasteiger partial charge on any atom is -0.385 e. The number of nitriles is 1. The monoisotopic (exact) mass is 109 g/mol. The minimum absolute atomic E-state index is 0.0162. The molecule has 0 fully saturated rings. The molecule has 0 aliphatic heterocycles. The van der Waals surface area contributed by atoms with Crippen molar-refractivity contribution in [3.8, 4) is 6.07 Å². The van der Waals surface area contributed by atoms with Crippen molar-refractivity contribution in [3.05, 3.63) is 24.0 Å². The van der Waals surface area contributed by atoms with Crippen LogP contribution >= 0.6 is 0 Å². The van der Waals surface area contributed by atoms with Gasteiger partial charge >= 0.3 is 0 Å². The molecule has 0 rings (SSSR count). The van der Waals surface area contributed by atoms with Gasteiger partial charge in [-0.25, -0.2) is 0 Å². The molecule has 0 aromatic carbocycles. The summed E-state index contributed by atoms with van der Waals surface area (Å²) in [5.74, 6) is 0.0162. The number of hydrogen-bond donors (Lipinski definition) is 2. The smallest absolute Gasteiger partial charge is 0.112 e. The van der Waals surface area contributed by atoms with E-state index in [0.717, 1.165) is 0 Å². The first-order valence-electron chi connectivity index (χ1n) is 2.00. The summed E-state index contributed by atoms with van der Waals surface area (Å²) in [6, 6.07) is 1.76. The lowest BCUT2D eigenvalue weighted by Crippen LogP contribution is -2.10. The van der Waals surface area contributed by atoms with Crippen LogP contribution in [0.25, 0.3) is 0 Å². The van der Waals surface area contributed by atoms with E-state index in [2.05, 4.69) is 6.58 Å². The second-order valence-electron chi connectivity index (χ2n) is 1.18. The Morgan fingerprint density at radius 3 is 2.12 bits per heavy atom. The Bertz CT molecular complexity index is 157. The van der Waals surface area contributed by atoms with E-state index < -0.39 is 0 Å². The van der Waals surface area contributed by atoms with Gasteiger partial charge in [0.05, 0.1) is 5.57 Å². The molecule has 0 unspecified atom stereocenters. The molecular formula is C5H7N3. The standard InChI is InChI=1S/C5H7N3/c1-2-4(3-6)5(7)8/h2H,1,7-8H2. The molecule has 0 heterocycles. The van der Waals surface area contributed by atoms with Crippen molar-refractivity contribution in [1.82, 2.24) is 0 Å². The Morgan fingerprint density at radius 1 is 1.62 bits per heavy atom. The van der Waals surface area contributed by atoms with Gasteiger partial charge in [-0.05, 0) is 6.08 Å². The molecule has 0 spiro atoms. The number of rotatable bonds is 1. The van der Waals surface area contributed by atoms with Gasteiger partial charge in [-0.1, -0.05) is 6.58 Å². The van der Waals surface area contributed by atoms with Gasteiger partial charge in [-0.2, -0.15) is 5.26 Å². The van der Waals surface area contributed by atoms with E-state index in [9.17, 15) is 0 Å². The number of hydrogen-bond acceptors (Lipinski definition) is 3. The lowest BCUT2D eigenvalue weighted by Gasteiger charge is -1.88. The van der Waals surface area contributed by atoms with Crippen molar-refractivity contribution in [2.75, 3.05) is 0 Å². The molecule has 8 heavy (non-hydrogen) atoms. The molecular weight excluding hydrogens is 102 g/mol. The molecule has 0 aromatic heterocycles. The summed E-state index contributed by atoms with van der Waals surface area (Å²) < 4.78 is 0. The highest BCUT2D eigenvalue weighted by Gasteiger charge is 1.88. The summed E-state index contributed by atoms with van der Waals surface area (Å²) in [6.07, 6.45) is 1.31. The van der Waals surface area contributed by atoms with Gasteiger partial charge in [0, 0.05) is 0 Å². The minimum atomic E-state index is 0.0162. The van der Waals surface area contributed by atoms with Crippen LogP contribution in [-0.2, 0) is 0 Å². The third-order valence-corrected chi connectivity index (χ3v) is 0.636. The van der Waals surface area contributed by atoms with Crippen molar-refractivity contribution in [3.63, 3.8) is 0 Å². The molecule has 0 aromatic rings. The predicted molar refractivity (Wildman–Crippen MR) is 31.2 cm³/mol. The van der Waals surface area contributed by atoms with Gasteiger partial charge in [-0.3, -0.25) is 0 Å². The molecule has 0 radical (unpaired) electrons. The Kier molecular flexibility index (Phi) is 2.21. The normalized spacial score (nSPS) is 6.88. The zero-order valence-electron chi connectivity index (χ0n) is 4.39. The molecule has 0 atom stereocenters. The first-order valence-corrected chi connectivity index (χ1v) is 2.00. The highest BCUT2D eigenvalue weighted by Crippen LogP contribution is 1.90. The Hall–Kier alpha value is -1.43. The summed E-state index contributed by atoms with van der Waals surface area (Å²) in [6.45, 7) is 3.31. The van der Waals surface area contributed by atoms with E-state index in [4.69, 9.17) is 16.7 Å². The van der Waals surface area contributed by atoms with Crippen molar-refractivity contribution >= 4 is 0 Å². The predicted octanol–water partition coefficient (Wildman–Crippen LogP) is -0.175. The zero-order valence-corrected chi connectivity index (χ0v) is 4.39.